The van der Waals surface area contributed by atoms with Crippen molar-refractivity contribution in [1.82, 2.24) is 9.97 Å². The molecule has 0 amide bonds. The van der Waals surface area contributed by atoms with E-state index in [1.54, 1.807) is 12.3 Å². The van der Waals surface area contributed by atoms with Gasteiger partial charge in [0.1, 0.15) is 0 Å². The van der Waals surface area contributed by atoms with Crippen molar-refractivity contribution in [3.63, 3.8) is 0 Å². The van der Waals surface area contributed by atoms with Gasteiger partial charge in [0.2, 0.25) is 5.95 Å². The Morgan fingerprint density at radius 2 is 1.23 bits per heavy atom. The van der Waals surface area contributed by atoms with E-state index in [-0.39, 0.29) is 0 Å². The maximum Gasteiger partial charge on any atom is 0.247 e. The molecule has 3 aromatic rings. The van der Waals surface area contributed by atoms with Gasteiger partial charge in [-0.3, -0.25) is 0 Å². The van der Waals surface area contributed by atoms with E-state index in [9.17, 15) is 0 Å². The van der Waals surface area contributed by atoms with Gasteiger partial charge in [0.25, 0.3) is 0 Å². The number of nitrogens with zero attached hydrogens (tertiary/aromatic N) is 4. The summed E-state index contributed by atoms with van der Waals surface area (Å²) in [4.78, 5) is 8.59. The number of anilines is 4. The van der Waals surface area contributed by atoms with Crippen molar-refractivity contribution in [2.75, 3.05) is 8.84 Å². The number of aromatic nitrogens is 2. The zero-order chi connectivity index (χ0) is 15.4. The van der Waals surface area contributed by atoms with Gasteiger partial charge in [0.05, 0.1) is 11.4 Å². The molecule has 0 radical (unpaired) electrons. The van der Waals surface area contributed by atoms with E-state index in [1.165, 1.54) is 8.84 Å². The van der Waals surface area contributed by atoms with Crippen LogP contribution in [0.25, 0.3) is 0 Å². The van der Waals surface area contributed by atoms with Crippen molar-refractivity contribution in [2.45, 2.75) is 0 Å². The van der Waals surface area contributed by atoms with Gasteiger partial charge in [-0.15, -0.1) is 0 Å². The highest BCUT2D eigenvalue weighted by molar-refractivity contribution is 6.30. The highest BCUT2D eigenvalue weighted by Gasteiger charge is 2.13. The number of halogens is 2. The lowest BCUT2D eigenvalue weighted by Crippen LogP contribution is -2.10. The smallest absolute Gasteiger partial charge is 0.236 e. The molecule has 0 atom stereocenters. The normalized spacial score (nSPS) is 10.3. The summed E-state index contributed by atoms with van der Waals surface area (Å²) >= 11 is 12.6. The molecule has 0 N–H and O–H groups in total. The highest BCUT2D eigenvalue weighted by Crippen LogP contribution is 2.29. The van der Waals surface area contributed by atoms with Crippen molar-refractivity contribution in [3.05, 3.63) is 72.9 Å². The molecule has 22 heavy (non-hydrogen) atoms. The summed E-state index contributed by atoms with van der Waals surface area (Å²) in [5, 5.41) is 0. The molecule has 6 heteroatoms. The van der Waals surface area contributed by atoms with Crippen molar-refractivity contribution in [2.24, 2.45) is 0 Å². The van der Waals surface area contributed by atoms with Crippen LogP contribution in [0.15, 0.2) is 72.9 Å². The van der Waals surface area contributed by atoms with E-state index in [0.29, 0.717) is 11.8 Å². The minimum absolute atomic E-state index is 0.354. The van der Waals surface area contributed by atoms with E-state index >= 15 is 0 Å². The predicted octanol–water partition coefficient (Wildman–Crippen LogP) is 5.06. The first-order chi connectivity index (χ1) is 10.8. The summed E-state index contributed by atoms with van der Waals surface area (Å²) in [7, 11) is 0. The van der Waals surface area contributed by atoms with Crippen LogP contribution in [0.3, 0.4) is 0 Å². The van der Waals surface area contributed by atoms with Gasteiger partial charge in [0, 0.05) is 35.8 Å². The Kier molecular flexibility index (Phi) is 4.42. The molecule has 1 heterocycles. The molecule has 0 unspecified atom stereocenters. The zero-order valence-corrected chi connectivity index (χ0v) is 13.0. The molecule has 0 fully saturated rings. The third kappa shape index (κ3) is 3.13. The minimum atomic E-state index is 0.354. The summed E-state index contributed by atoms with van der Waals surface area (Å²) in [6.07, 6.45) is 1.62. The second-order valence-corrected chi connectivity index (χ2v) is 5.12. The molecule has 0 aliphatic heterocycles. The van der Waals surface area contributed by atoms with Crippen LogP contribution in [0.5, 0.6) is 0 Å². The fraction of sp³-hybridized carbons (Fsp3) is 0. The molecule has 0 aliphatic rings. The van der Waals surface area contributed by atoms with Crippen LogP contribution in [0.2, 0.25) is 0 Å². The molecule has 4 nitrogen and oxygen atoms in total. The summed E-state index contributed by atoms with van der Waals surface area (Å²) < 4.78 is 2.85. The lowest BCUT2D eigenvalue weighted by atomic mass is 10.3. The quantitative estimate of drug-likeness (QED) is 0.626. The number of hydrogen-bond acceptors (Lipinski definition) is 4. The van der Waals surface area contributed by atoms with Crippen LogP contribution in [-0.2, 0) is 0 Å². The summed E-state index contributed by atoms with van der Waals surface area (Å²) in [5.74, 6) is 0.895. The van der Waals surface area contributed by atoms with E-state index < -0.39 is 0 Å². The first kappa shape index (κ1) is 14.6. The molecule has 2 aromatic carbocycles. The van der Waals surface area contributed by atoms with Gasteiger partial charge in [-0.1, -0.05) is 36.4 Å². The Bertz CT molecular complexity index is 677. The summed E-state index contributed by atoms with van der Waals surface area (Å²) in [5.41, 5.74) is 1.59. The third-order valence-electron chi connectivity index (χ3n) is 2.97. The lowest BCUT2D eigenvalue weighted by Gasteiger charge is -2.18. The molecule has 3 rings (SSSR count). The zero-order valence-electron chi connectivity index (χ0n) is 11.5. The van der Waals surface area contributed by atoms with E-state index in [4.69, 9.17) is 23.6 Å². The van der Waals surface area contributed by atoms with Crippen LogP contribution in [0.4, 0.5) is 23.1 Å². The van der Waals surface area contributed by atoms with E-state index in [2.05, 4.69) is 9.97 Å². The topological polar surface area (TPSA) is 32.3 Å². The van der Waals surface area contributed by atoms with Crippen LogP contribution in [0.1, 0.15) is 0 Å². The van der Waals surface area contributed by atoms with Gasteiger partial charge >= 0.3 is 0 Å². The molecular weight excluding hydrogens is 319 g/mol. The number of benzene rings is 2. The largest absolute Gasteiger partial charge is 0.247 e. The molecule has 1 aromatic heterocycles. The first-order valence-electron chi connectivity index (χ1n) is 6.60. The van der Waals surface area contributed by atoms with Gasteiger partial charge in [-0.05, 0) is 24.3 Å². The maximum absolute atomic E-state index is 6.34. The highest BCUT2D eigenvalue weighted by atomic mass is 35.5. The molecule has 0 saturated heterocycles. The van der Waals surface area contributed by atoms with Crippen molar-refractivity contribution in [1.29, 1.82) is 0 Å². The fourth-order valence-corrected chi connectivity index (χ4v) is 2.31. The fourth-order valence-electron chi connectivity index (χ4n) is 1.91. The standard InChI is InChI=1S/C16H12Cl2N4/c17-21(13-7-3-1-4-8-13)15-11-12-19-16(20-15)22(18)14-9-5-2-6-10-14/h1-12H. The van der Waals surface area contributed by atoms with Crippen molar-refractivity contribution >= 4 is 46.7 Å². The monoisotopic (exact) mass is 330 g/mol. The SMILES string of the molecule is ClN(c1ccccc1)c1ccnc(N(Cl)c2ccccc2)n1. The molecule has 0 aliphatic carbocycles. The third-order valence-corrected chi connectivity index (χ3v) is 3.69. The Balaban J connectivity index is 1.90. The molecule has 0 bridgehead atoms. The van der Waals surface area contributed by atoms with Crippen LogP contribution >= 0.6 is 23.6 Å². The molecule has 110 valence electrons. The lowest BCUT2D eigenvalue weighted by molar-refractivity contribution is 1.11. The van der Waals surface area contributed by atoms with Gasteiger partial charge in [0.15, 0.2) is 5.82 Å². The van der Waals surface area contributed by atoms with Gasteiger partial charge in [-0.2, -0.15) is 4.98 Å². The summed E-state index contributed by atoms with van der Waals surface area (Å²) in [6.45, 7) is 0. The summed E-state index contributed by atoms with van der Waals surface area (Å²) in [6, 6.07) is 20.7. The Labute approximate surface area is 138 Å². The Hall–Kier alpha value is -2.30. The van der Waals surface area contributed by atoms with E-state index in [0.717, 1.165) is 11.4 Å². The maximum atomic E-state index is 6.34. The second-order valence-electron chi connectivity index (χ2n) is 4.45. The number of rotatable bonds is 4. The van der Waals surface area contributed by atoms with Crippen LogP contribution in [-0.4, -0.2) is 9.97 Å². The van der Waals surface area contributed by atoms with Crippen LogP contribution in [0, 0.1) is 0 Å². The average Bonchev–Trinajstić information content (AvgIpc) is 2.62. The number of hydrogen-bond donors (Lipinski definition) is 0. The second kappa shape index (κ2) is 6.64. The predicted molar refractivity (Wildman–Crippen MR) is 90.9 cm³/mol. The first-order valence-corrected chi connectivity index (χ1v) is 7.28. The average molecular weight is 331 g/mol. The number of para-hydroxylation sites is 2. The Morgan fingerprint density at radius 3 is 1.82 bits per heavy atom. The Morgan fingerprint density at radius 1 is 0.682 bits per heavy atom. The minimum Gasteiger partial charge on any atom is -0.236 e. The van der Waals surface area contributed by atoms with Gasteiger partial charge < -0.3 is 0 Å². The van der Waals surface area contributed by atoms with Crippen molar-refractivity contribution < 1.29 is 0 Å². The molecule has 0 spiro atoms. The van der Waals surface area contributed by atoms with Crippen molar-refractivity contribution in [3.8, 4) is 0 Å². The van der Waals surface area contributed by atoms with E-state index in [1.807, 2.05) is 60.7 Å². The molecule has 0 saturated carbocycles. The molecular formula is C16H12Cl2N4. The van der Waals surface area contributed by atoms with Crippen LogP contribution < -0.4 is 8.84 Å². The van der Waals surface area contributed by atoms with Gasteiger partial charge in [-0.25, -0.2) is 13.8 Å².